The first-order chi connectivity index (χ1) is 17.3. The fourth-order valence-electron chi connectivity index (χ4n) is 3.46. The highest BCUT2D eigenvalue weighted by Gasteiger charge is 2.35. The van der Waals surface area contributed by atoms with E-state index in [0.717, 1.165) is 10.5 Å². The van der Waals surface area contributed by atoms with Gasteiger partial charge in [0.1, 0.15) is 12.2 Å². The predicted molar refractivity (Wildman–Crippen MR) is 133 cm³/mol. The molecule has 11 heteroatoms. The highest BCUT2D eigenvalue weighted by atomic mass is 35.5. The highest BCUT2D eigenvalue weighted by Crippen LogP contribution is 2.37. The van der Waals surface area contributed by atoms with Crippen molar-refractivity contribution in [1.82, 2.24) is 10.2 Å². The smallest absolute Gasteiger partial charge is 0.344 e. The number of esters is 1. The van der Waals surface area contributed by atoms with Crippen molar-refractivity contribution >= 4 is 47.2 Å². The number of hydrogen-bond donors (Lipinski definition) is 2. The minimum atomic E-state index is -0.724. The monoisotopic (exact) mass is 515 g/mol. The fourth-order valence-corrected chi connectivity index (χ4v) is 3.74. The molecule has 1 fully saturated rings. The lowest BCUT2D eigenvalue weighted by molar-refractivity contribution is -0.145. The van der Waals surface area contributed by atoms with Crippen LogP contribution in [0, 0.1) is 0 Å². The zero-order valence-corrected chi connectivity index (χ0v) is 20.8. The summed E-state index contributed by atoms with van der Waals surface area (Å²) in [5.41, 5.74) is 1.94. The van der Waals surface area contributed by atoms with E-state index in [1.165, 1.54) is 25.3 Å². The van der Waals surface area contributed by atoms with E-state index in [2.05, 4.69) is 10.6 Å². The number of anilines is 1. The van der Waals surface area contributed by atoms with Gasteiger partial charge in [0.2, 0.25) is 5.91 Å². The van der Waals surface area contributed by atoms with E-state index in [9.17, 15) is 19.2 Å². The molecule has 36 heavy (non-hydrogen) atoms. The third-order valence-corrected chi connectivity index (χ3v) is 5.42. The molecule has 0 atom stereocenters. The predicted octanol–water partition coefficient (Wildman–Crippen LogP) is 3.38. The molecule has 2 N–H and O–H groups in total. The fraction of sp³-hybridized carbons (Fsp3) is 0.280. The van der Waals surface area contributed by atoms with Crippen LogP contribution in [0.5, 0.6) is 11.5 Å². The summed E-state index contributed by atoms with van der Waals surface area (Å²) in [5, 5.41) is 5.32. The van der Waals surface area contributed by atoms with Gasteiger partial charge in [-0.05, 0) is 48.7 Å². The van der Waals surface area contributed by atoms with Gasteiger partial charge < -0.3 is 24.8 Å². The molecule has 1 aliphatic rings. The van der Waals surface area contributed by atoms with Gasteiger partial charge in [-0.25, -0.2) is 14.5 Å². The van der Waals surface area contributed by atoms with Gasteiger partial charge in [-0.2, -0.15) is 0 Å². The first-order valence-corrected chi connectivity index (χ1v) is 11.5. The van der Waals surface area contributed by atoms with Crippen LogP contribution in [0.3, 0.4) is 0 Å². The number of para-hydroxylation sites is 1. The first kappa shape index (κ1) is 26.6. The quantitative estimate of drug-likeness (QED) is 0.282. The number of carbonyl (C=O) groups is 4. The maximum atomic E-state index is 12.8. The van der Waals surface area contributed by atoms with Crippen LogP contribution in [0.4, 0.5) is 10.5 Å². The van der Waals surface area contributed by atoms with Crippen LogP contribution in [0.15, 0.2) is 42.1 Å². The van der Waals surface area contributed by atoms with Gasteiger partial charge in [0.15, 0.2) is 18.1 Å². The Morgan fingerprint density at radius 2 is 1.92 bits per heavy atom. The Bertz CT molecular complexity index is 1210. The Hall–Kier alpha value is -4.05. The molecule has 1 heterocycles. The molecule has 0 saturated carbocycles. The van der Waals surface area contributed by atoms with Crippen LogP contribution < -0.4 is 20.1 Å². The van der Waals surface area contributed by atoms with Crippen molar-refractivity contribution in [3.63, 3.8) is 0 Å². The molecule has 3 rings (SSSR count). The van der Waals surface area contributed by atoms with Crippen molar-refractivity contribution < 1.29 is 33.4 Å². The summed E-state index contributed by atoms with van der Waals surface area (Å²) in [6, 6.07) is 9.57. The maximum absolute atomic E-state index is 12.8. The van der Waals surface area contributed by atoms with Gasteiger partial charge in [0, 0.05) is 5.69 Å². The van der Waals surface area contributed by atoms with Crippen LogP contribution in [0.25, 0.3) is 6.08 Å². The van der Waals surface area contributed by atoms with Crippen molar-refractivity contribution in [2.75, 3.05) is 32.2 Å². The molecular weight excluding hydrogens is 490 g/mol. The van der Waals surface area contributed by atoms with E-state index in [1.807, 2.05) is 19.1 Å². The number of halogens is 1. The molecule has 190 valence electrons. The van der Waals surface area contributed by atoms with Crippen LogP contribution in [0.2, 0.25) is 5.02 Å². The van der Waals surface area contributed by atoms with Crippen molar-refractivity contribution in [3.8, 4) is 11.5 Å². The van der Waals surface area contributed by atoms with E-state index in [0.29, 0.717) is 17.7 Å². The second-order valence-corrected chi connectivity index (χ2v) is 7.97. The molecule has 0 radical (unpaired) electrons. The molecule has 2 aromatic carbocycles. The number of nitrogens with zero attached hydrogens (tertiary/aromatic N) is 1. The average molecular weight is 516 g/mol. The summed E-state index contributed by atoms with van der Waals surface area (Å²) in [6.45, 7) is 3.03. The Balaban J connectivity index is 1.73. The molecule has 0 aliphatic carbocycles. The number of carbonyl (C=O) groups excluding carboxylic acids is 4. The minimum Gasteiger partial charge on any atom is -0.493 e. The molecule has 2 aromatic rings. The zero-order chi connectivity index (χ0) is 26.2. The van der Waals surface area contributed by atoms with Crippen molar-refractivity contribution in [1.29, 1.82) is 0 Å². The highest BCUT2D eigenvalue weighted by molar-refractivity contribution is 6.32. The van der Waals surface area contributed by atoms with E-state index in [4.69, 9.17) is 25.8 Å². The molecule has 0 aromatic heterocycles. The standard InChI is InChI=1S/C25H26ClN3O7/c1-4-16-8-6-7-9-18(16)27-21(30)13-29-24(32)19(28-25(29)33)11-15-10-17(26)23(20(12-15)34-3)36-14-22(31)35-5-2/h6-12H,4-5,13-14H2,1-3H3,(H,27,30)(H,28,33)/b19-11+. The molecule has 1 aliphatic heterocycles. The lowest BCUT2D eigenvalue weighted by atomic mass is 10.1. The van der Waals surface area contributed by atoms with Crippen LogP contribution in [0.1, 0.15) is 25.0 Å². The molecule has 0 spiro atoms. The number of imide groups is 1. The molecule has 0 bridgehead atoms. The summed E-state index contributed by atoms with van der Waals surface area (Å²) >= 11 is 6.30. The Labute approximate surface area is 213 Å². The summed E-state index contributed by atoms with van der Waals surface area (Å²) in [4.78, 5) is 50.1. The summed E-state index contributed by atoms with van der Waals surface area (Å²) in [5.74, 6) is -1.41. The summed E-state index contributed by atoms with van der Waals surface area (Å²) in [6.07, 6.45) is 2.11. The number of benzene rings is 2. The maximum Gasteiger partial charge on any atom is 0.344 e. The number of hydrogen-bond acceptors (Lipinski definition) is 7. The third kappa shape index (κ3) is 6.33. The zero-order valence-electron chi connectivity index (χ0n) is 20.1. The number of nitrogens with one attached hydrogen (secondary N) is 2. The number of methoxy groups -OCH3 is 1. The van der Waals surface area contributed by atoms with Crippen LogP contribution >= 0.6 is 11.6 Å². The van der Waals surface area contributed by atoms with Crippen molar-refractivity contribution in [3.05, 3.63) is 58.2 Å². The van der Waals surface area contributed by atoms with Gasteiger partial charge in [0.05, 0.1) is 18.7 Å². The van der Waals surface area contributed by atoms with Gasteiger partial charge in [-0.15, -0.1) is 0 Å². The second kappa shape index (κ2) is 12.1. The molecule has 1 saturated heterocycles. The SMILES string of the molecule is CCOC(=O)COc1c(Cl)cc(/C=C2/NC(=O)N(CC(=O)Nc3ccccc3CC)C2=O)cc1OC. The Kier molecular flexibility index (Phi) is 8.91. The molecular formula is C25H26ClN3O7. The number of ether oxygens (including phenoxy) is 3. The number of urea groups is 1. The van der Waals surface area contributed by atoms with E-state index in [-0.39, 0.29) is 35.4 Å². The summed E-state index contributed by atoms with van der Waals surface area (Å²) in [7, 11) is 1.39. The lowest BCUT2D eigenvalue weighted by Gasteiger charge is -2.14. The normalized spacial score (nSPS) is 14.0. The lowest BCUT2D eigenvalue weighted by Crippen LogP contribution is -2.38. The second-order valence-electron chi connectivity index (χ2n) is 7.57. The van der Waals surface area contributed by atoms with Gasteiger partial charge in [-0.3, -0.25) is 9.59 Å². The Morgan fingerprint density at radius 3 is 2.61 bits per heavy atom. The molecule has 4 amide bonds. The third-order valence-electron chi connectivity index (χ3n) is 5.14. The first-order valence-electron chi connectivity index (χ1n) is 11.2. The molecule has 10 nitrogen and oxygen atoms in total. The van der Waals surface area contributed by atoms with Gasteiger partial charge in [-0.1, -0.05) is 36.7 Å². The average Bonchev–Trinajstić information content (AvgIpc) is 3.10. The largest absolute Gasteiger partial charge is 0.493 e. The van der Waals surface area contributed by atoms with Gasteiger partial charge >= 0.3 is 12.0 Å². The molecule has 0 unspecified atom stereocenters. The van der Waals surface area contributed by atoms with Crippen LogP contribution in [-0.2, 0) is 25.5 Å². The number of rotatable bonds is 10. The van der Waals surface area contributed by atoms with Crippen LogP contribution in [-0.4, -0.2) is 55.6 Å². The summed E-state index contributed by atoms with van der Waals surface area (Å²) < 4.78 is 15.5. The van der Waals surface area contributed by atoms with Crippen molar-refractivity contribution in [2.45, 2.75) is 20.3 Å². The number of aryl methyl sites for hydroxylation is 1. The van der Waals surface area contributed by atoms with E-state index in [1.54, 1.807) is 19.1 Å². The van der Waals surface area contributed by atoms with E-state index < -0.39 is 30.4 Å². The van der Waals surface area contributed by atoms with Crippen molar-refractivity contribution in [2.24, 2.45) is 0 Å². The minimum absolute atomic E-state index is 0.0416. The topological polar surface area (TPSA) is 123 Å². The Morgan fingerprint density at radius 1 is 1.17 bits per heavy atom. The van der Waals surface area contributed by atoms with Gasteiger partial charge in [0.25, 0.3) is 5.91 Å². The number of amides is 4. The van der Waals surface area contributed by atoms with E-state index >= 15 is 0 Å².